The summed E-state index contributed by atoms with van der Waals surface area (Å²) in [5.41, 5.74) is 2.10. The summed E-state index contributed by atoms with van der Waals surface area (Å²) in [6, 6.07) is 21.9. The largest absolute Gasteiger partial charge is 0.489 e. The van der Waals surface area contributed by atoms with Crippen LogP contribution in [0.3, 0.4) is 0 Å². The number of benzene rings is 2. The van der Waals surface area contributed by atoms with Crippen LogP contribution in [0.25, 0.3) is 6.08 Å². The molecule has 3 aromatic rings. The second-order valence-electron chi connectivity index (χ2n) is 8.26. The van der Waals surface area contributed by atoms with E-state index in [1.807, 2.05) is 77.7 Å². The number of carbonyl (C=O) groups excluding carboxylic acids is 1. The molecular weight excluding hydrogens is 400 g/mol. The number of furan rings is 1. The van der Waals surface area contributed by atoms with Gasteiger partial charge in [0.05, 0.1) is 12.8 Å². The number of hydrogen-bond donors (Lipinski definition) is 0. The Hall–Kier alpha value is -3.31. The van der Waals surface area contributed by atoms with Crippen molar-refractivity contribution in [2.45, 2.75) is 32.0 Å². The lowest BCUT2D eigenvalue weighted by Gasteiger charge is -2.36. The molecule has 1 aliphatic rings. The smallest absolute Gasteiger partial charge is 0.247 e. The molecule has 0 saturated carbocycles. The molecule has 5 nitrogen and oxygen atoms in total. The van der Waals surface area contributed by atoms with Crippen molar-refractivity contribution in [1.29, 1.82) is 0 Å². The van der Waals surface area contributed by atoms with Gasteiger partial charge in [-0.05, 0) is 74.4 Å². The maximum absolute atomic E-state index is 13.1. The van der Waals surface area contributed by atoms with Crippen LogP contribution < -0.4 is 4.74 Å². The molecule has 0 unspecified atom stereocenters. The van der Waals surface area contributed by atoms with Gasteiger partial charge >= 0.3 is 0 Å². The summed E-state index contributed by atoms with van der Waals surface area (Å²) >= 11 is 0. The van der Waals surface area contributed by atoms with Crippen LogP contribution in [-0.4, -0.2) is 41.9 Å². The van der Waals surface area contributed by atoms with Gasteiger partial charge in [0, 0.05) is 12.1 Å². The molecular formula is C27H30N2O3. The first kappa shape index (κ1) is 21.9. The SMILES string of the molecule is CN1CCC(N(Cc2ccco2)C(=O)/C=C/c2ccc(OCc3ccccc3)cc2)CC1. The molecule has 0 bridgehead atoms. The van der Waals surface area contributed by atoms with Crippen molar-refractivity contribution in [3.05, 3.63) is 96.0 Å². The van der Waals surface area contributed by atoms with Crippen LogP contribution in [0.15, 0.2) is 83.5 Å². The van der Waals surface area contributed by atoms with Gasteiger partial charge in [0.25, 0.3) is 0 Å². The molecule has 0 N–H and O–H groups in total. The monoisotopic (exact) mass is 430 g/mol. The van der Waals surface area contributed by atoms with Gasteiger partial charge in [0.2, 0.25) is 5.91 Å². The number of rotatable bonds is 8. The molecule has 0 atom stereocenters. The van der Waals surface area contributed by atoms with Crippen LogP contribution in [0.2, 0.25) is 0 Å². The molecule has 1 aromatic heterocycles. The Kier molecular flexibility index (Phi) is 7.41. The molecule has 0 spiro atoms. The van der Waals surface area contributed by atoms with Crippen molar-refractivity contribution in [3.63, 3.8) is 0 Å². The predicted octanol–water partition coefficient (Wildman–Crippen LogP) is 4.99. The van der Waals surface area contributed by atoms with Crippen molar-refractivity contribution in [3.8, 4) is 5.75 Å². The summed E-state index contributed by atoms with van der Waals surface area (Å²) in [6.07, 6.45) is 7.15. The number of hydrogen-bond acceptors (Lipinski definition) is 4. The van der Waals surface area contributed by atoms with Crippen LogP contribution in [0.1, 0.15) is 29.7 Å². The number of ether oxygens (including phenoxy) is 1. The van der Waals surface area contributed by atoms with Crippen molar-refractivity contribution < 1.29 is 13.9 Å². The normalized spacial score (nSPS) is 15.2. The summed E-state index contributed by atoms with van der Waals surface area (Å²) in [5.74, 6) is 1.63. The average molecular weight is 431 g/mol. The van der Waals surface area contributed by atoms with E-state index in [9.17, 15) is 4.79 Å². The third-order valence-electron chi connectivity index (χ3n) is 5.87. The summed E-state index contributed by atoms with van der Waals surface area (Å²) in [6.45, 7) is 3.03. The molecule has 32 heavy (non-hydrogen) atoms. The maximum atomic E-state index is 13.1. The van der Waals surface area contributed by atoms with Gasteiger partial charge in [-0.25, -0.2) is 0 Å². The van der Waals surface area contributed by atoms with Gasteiger partial charge in [-0.15, -0.1) is 0 Å². The zero-order valence-electron chi connectivity index (χ0n) is 18.5. The first-order valence-electron chi connectivity index (χ1n) is 11.1. The highest BCUT2D eigenvalue weighted by atomic mass is 16.5. The number of amides is 1. The molecule has 0 aliphatic carbocycles. The zero-order chi connectivity index (χ0) is 22.2. The molecule has 0 radical (unpaired) electrons. The number of likely N-dealkylation sites (tertiary alicyclic amines) is 1. The maximum Gasteiger partial charge on any atom is 0.247 e. The quantitative estimate of drug-likeness (QED) is 0.472. The van der Waals surface area contributed by atoms with E-state index in [4.69, 9.17) is 9.15 Å². The minimum atomic E-state index is 0.0142. The van der Waals surface area contributed by atoms with E-state index in [1.54, 1.807) is 12.3 Å². The zero-order valence-corrected chi connectivity index (χ0v) is 18.5. The molecule has 166 valence electrons. The van der Waals surface area contributed by atoms with E-state index in [2.05, 4.69) is 11.9 Å². The fraction of sp³-hybridized carbons (Fsp3) is 0.296. The predicted molar refractivity (Wildman–Crippen MR) is 126 cm³/mol. The highest BCUT2D eigenvalue weighted by Gasteiger charge is 2.26. The Balaban J connectivity index is 1.37. The summed E-state index contributed by atoms with van der Waals surface area (Å²) in [4.78, 5) is 17.4. The lowest BCUT2D eigenvalue weighted by molar-refractivity contribution is -0.130. The fourth-order valence-corrected chi connectivity index (χ4v) is 3.94. The van der Waals surface area contributed by atoms with E-state index < -0.39 is 0 Å². The summed E-state index contributed by atoms with van der Waals surface area (Å²) in [7, 11) is 2.13. The molecule has 2 aromatic carbocycles. The third-order valence-corrected chi connectivity index (χ3v) is 5.87. The number of carbonyl (C=O) groups is 1. The number of piperidine rings is 1. The molecule has 1 fully saturated rings. The first-order valence-corrected chi connectivity index (χ1v) is 11.1. The van der Waals surface area contributed by atoms with Gasteiger partial charge in [-0.1, -0.05) is 42.5 Å². The first-order chi connectivity index (χ1) is 15.7. The lowest BCUT2D eigenvalue weighted by atomic mass is 10.0. The van der Waals surface area contributed by atoms with E-state index >= 15 is 0 Å². The van der Waals surface area contributed by atoms with Crippen molar-refractivity contribution >= 4 is 12.0 Å². The van der Waals surface area contributed by atoms with Gasteiger partial charge in [0.15, 0.2) is 0 Å². The molecule has 1 aliphatic heterocycles. The van der Waals surface area contributed by atoms with Crippen molar-refractivity contribution in [2.24, 2.45) is 0 Å². The molecule has 2 heterocycles. The van der Waals surface area contributed by atoms with Gasteiger partial charge in [-0.2, -0.15) is 0 Å². The Labute approximate surface area is 189 Å². The van der Waals surface area contributed by atoms with Crippen molar-refractivity contribution in [1.82, 2.24) is 9.80 Å². The Morgan fingerprint density at radius 2 is 1.81 bits per heavy atom. The highest BCUT2D eigenvalue weighted by Crippen LogP contribution is 2.20. The van der Waals surface area contributed by atoms with E-state index in [0.717, 1.165) is 48.6 Å². The lowest BCUT2D eigenvalue weighted by Crippen LogP contribution is -2.45. The molecule has 5 heteroatoms. The van der Waals surface area contributed by atoms with Crippen LogP contribution in [0.5, 0.6) is 5.75 Å². The average Bonchev–Trinajstić information content (AvgIpc) is 3.35. The van der Waals surface area contributed by atoms with E-state index in [1.165, 1.54) is 0 Å². The Morgan fingerprint density at radius 1 is 1.06 bits per heavy atom. The second-order valence-corrected chi connectivity index (χ2v) is 8.26. The minimum absolute atomic E-state index is 0.0142. The number of nitrogens with zero attached hydrogens (tertiary/aromatic N) is 2. The third kappa shape index (κ3) is 6.11. The standard InChI is InChI=1S/C27H30N2O3/c1-28-17-15-24(16-18-28)29(20-26-8-5-19-31-26)27(30)14-11-22-9-12-25(13-10-22)32-21-23-6-3-2-4-7-23/h2-14,19,24H,15-18,20-21H2,1H3/b14-11+. The van der Waals surface area contributed by atoms with E-state index in [-0.39, 0.29) is 11.9 Å². The van der Waals surface area contributed by atoms with Gasteiger partial charge in [0.1, 0.15) is 18.1 Å². The summed E-state index contributed by atoms with van der Waals surface area (Å²) < 4.78 is 11.4. The molecule has 4 rings (SSSR count). The second kappa shape index (κ2) is 10.8. The fourth-order valence-electron chi connectivity index (χ4n) is 3.94. The Bertz CT molecular complexity index is 989. The van der Waals surface area contributed by atoms with Crippen LogP contribution in [-0.2, 0) is 17.9 Å². The van der Waals surface area contributed by atoms with Crippen LogP contribution in [0.4, 0.5) is 0 Å². The summed E-state index contributed by atoms with van der Waals surface area (Å²) in [5, 5.41) is 0. The Morgan fingerprint density at radius 3 is 2.50 bits per heavy atom. The van der Waals surface area contributed by atoms with Gasteiger partial charge in [-0.3, -0.25) is 4.79 Å². The molecule has 1 amide bonds. The van der Waals surface area contributed by atoms with E-state index in [0.29, 0.717) is 13.2 Å². The van der Waals surface area contributed by atoms with Gasteiger partial charge < -0.3 is 19.0 Å². The highest BCUT2D eigenvalue weighted by molar-refractivity contribution is 5.92. The van der Waals surface area contributed by atoms with Crippen LogP contribution in [0, 0.1) is 0 Å². The minimum Gasteiger partial charge on any atom is -0.489 e. The van der Waals surface area contributed by atoms with Crippen LogP contribution >= 0.6 is 0 Å². The molecule has 1 saturated heterocycles. The van der Waals surface area contributed by atoms with Crippen molar-refractivity contribution in [2.75, 3.05) is 20.1 Å². The topological polar surface area (TPSA) is 45.9 Å².